The zero-order valence-electron chi connectivity index (χ0n) is 7.70. The van der Waals surface area contributed by atoms with E-state index in [2.05, 4.69) is 6.92 Å². The first-order valence-electron chi connectivity index (χ1n) is 4.83. The molecule has 0 radical (unpaired) electrons. The van der Waals surface area contributed by atoms with Crippen molar-refractivity contribution in [3.8, 4) is 0 Å². The molecule has 0 aromatic carbocycles. The van der Waals surface area contributed by atoms with Gasteiger partial charge in [-0.3, -0.25) is 0 Å². The Morgan fingerprint density at radius 2 is 2.18 bits per heavy atom. The minimum Gasteiger partial charge on any atom is -0.244 e. The Morgan fingerprint density at radius 3 is 2.82 bits per heavy atom. The van der Waals surface area contributed by atoms with Crippen molar-refractivity contribution in [2.24, 2.45) is 5.92 Å². The van der Waals surface area contributed by atoms with E-state index in [-0.39, 0.29) is 0 Å². The molecule has 0 heterocycles. The summed E-state index contributed by atoms with van der Waals surface area (Å²) in [6.07, 6.45) is 6.30. The van der Waals surface area contributed by atoms with Crippen molar-refractivity contribution in [3.05, 3.63) is 0 Å². The van der Waals surface area contributed by atoms with Gasteiger partial charge in [-0.15, -0.1) is 0 Å². The van der Waals surface area contributed by atoms with Crippen molar-refractivity contribution in [2.45, 2.75) is 58.0 Å². The van der Waals surface area contributed by atoms with Crippen LogP contribution in [0.15, 0.2) is 0 Å². The summed E-state index contributed by atoms with van der Waals surface area (Å²) in [5, 5.41) is 0. The summed E-state index contributed by atoms with van der Waals surface area (Å²) in [5.74, 6) is 0.646. The molecule has 0 spiro atoms. The summed E-state index contributed by atoms with van der Waals surface area (Å²) in [5.41, 5.74) is -0.864. The predicted molar refractivity (Wildman–Crippen MR) is 46.4 cm³/mol. The number of alkyl halides is 1. The van der Waals surface area contributed by atoms with Crippen LogP contribution in [0.4, 0.5) is 4.39 Å². The van der Waals surface area contributed by atoms with E-state index in [9.17, 15) is 4.39 Å². The first-order valence-corrected chi connectivity index (χ1v) is 4.83. The lowest BCUT2D eigenvalue weighted by Gasteiger charge is -2.21. The van der Waals surface area contributed by atoms with E-state index in [0.717, 1.165) is 25.7 Å². The van der Waals surface area contributed by atoms with Crippen molar-refractivity contribution in [1.29, 1.82) is 0 Å². The first kappa shape index (κ1) is 9.02. The van der Waals surface area contributed by atoms with Crippen LogP contribution in [0.2, 0.25) is 0 Å². The van der Waals surface area contributed by atoms with Crippen molar-refractivity contribution in [3.63, 3.8) is 0 Å². The first-order chi connectivity index (χ1) is 5.14. The van der Waals surface area contributed by atoms with Gasteiger partial charge in [-0.2, -0.15) is 0 Å². The highest BCUT2D eigenvalue weighted by atomic mass is 19.1. The third-order valence-corrected chi connectivity index (χ3v) is 2.85. The molecule has 66 valence electrons. The van der Waals surface area contributed by atoms with Gasteiger partial charge in [0.25, 0.3) is 0 Å². The second-order valence-electron chi connectivity index (χ2n) is 4.14. The topological polar surface area (TPSA) is 0 Å². The Hall–Kier alpha value is -0.0700. The quantitative estimate of drug-likeness (QED) is 0.510. The number of rotatable bonds is 1. The highest BCUT2D eigenvalue weighted by Crippen LogP contribution is 2.34. The van der Waals surface area contributed by atoms with E-state index < -0.39 is 5.67 Å². The molecule has 0 aromatic rings. The molecule has 0 amide bonds. The lowest BCUT2D eigenvalue weighted by atomic mass is 9.90. The van der Waals surface area contributed by atoms with Crippen molar-refractivity contribution < 1.29 is 4.39 Å². The molecule has 1 saturated carbocycles. The molecule has 1 fully saturated rings. The second kappa shape index (κ2) is 3.55. The van der Waals surface area contributed by atoms with Gasteiger partial charge in [-0.05, 0) is 25.7 Å². The molecule has 1 aliphatic carbocycles. The SMILES string of the molecule is CCC1CCCCC(C)(F)C1. The van der Waals surface area contributed by atoms with Gasteiger partial charge in [0.05, 0.1) is 0 Å². The predicted octanol–water partition coefficient (Wildman–Crippen LogP) is 3.70. The molecule has 0 saturated heterocycles. The summed E-state index contributed by atoms with van der Waals surface area (Å²) in [7, 11) is 0. The molecule has 2 atom stereocenters. The Morgan fingerprint density at radius 1 is 1.45 bits per heavy atom. The molecule has 0 aliphatic heterocycles. The van der Waals surface area contributed by atoms with Crippen LogP contribution >= 0.6 is 0 Å². The van der Waals surface area contributed by atoms with Crippen molar-refractivity contribution in [1.82, 2.24) is 0 Å². The van der Waals surface area contributed by atoms with Gasteiger partial charge >= 0.3 is 0 Å². The third-order valence-electron chi connectivity index (χ3n) is 2.85. The zero-order valence-corrected chi connectivity index (χ0v) is 7.70. The van der Waals surface area contributed by atoms with E-state index in [1.165, 1.54) is 12.8 Å². The number of hydrogen-bond acceptors (Lipinski definition) is 0. The smallest absolute Gasteiger partial charge is 0.108 e. The van der Waals surface area contributed by atoms with Crippen LogP contribution in [0.1, 0.15) is 52.4 Å². The lowest BCUT2D eigenvalue weighted by Crippen LogP contribution is -2.19. The van der Waals surface area contributed by atoms with Crippen molar-refractivity contribution >= 4 is 0 Å². The molecule has 0 aromatic heterocycles. The fourth-order valence-corrected chi connectivity index (χ4v) is 2.08. The van der Waals surface area contributed by atoms with Crippen LogP contribution in [0, 0.1) is 5.92 Å². The van der Waals surface area contributed by atoms with Crippen LogP contribution in [-0.2, 0) is 0 Å². The van der Waals surface area contributed by atoms with Gasteiger partial charge in [0.15, 0.2) is 0 Å². The van der Waals surface area contributed by atoms with E-state index >= 15 is 0 Å². The fraction of sp³-hybridized carbons (Fsp3) is 1.00. The molecule has 0 nitrogen and oxygen atoms in total. The zero-order chi connectivity index (χ0) is 8.32. The average molecular weight is 158 g/mol. The Labute approximate surface area is 69.2 Å². The minimum absolute atomic E-state index is 0.646. The van der Waals surface area contributed by atoms with Gasteiger partial charge in [-0.1, -0.05) is 32.6 Å². The monoisotopic (exact) mass is 158 g/mol. The Bertz CT molecular complexity index is 118. The largest absolute Gasteiger partial charge is 0.244 e. The van der Waals surface area contributed by atoms with Crippen LogP contribution < -0.4 is 0 Å². The summed E-state index contributed by atoms with van der Waals surface area (Å²) in [6.45, 7) is 3.94. The Kier molecular flexibility index (Phi) is 2.91. The van der Waals surface area contributed by atoms with Crippen LogP contribution in [-0.4, -0.2) is 5.67 Å². The highest BCUT2D eigenvalue weighted by Gasteiger charge is 2.28. The maximum absolute atomic E-state index is 13.6. The summed E-state index contributed by atoms with van der Waals surface area (Å²) < 4.78 is 13.6. The van der Waals surface area contributed by atoms with Gasteiger partial charge in [0, 0.05) is 0 Å². The van der Waals surface area contributed by atoms with E-state index in [1.807, 2.05) is 0 Å². The van der Waals surface area contributed by atoms with Gasteiger partial charge in [-0.25, -0.2) is 4.39 Å². The van der Waals surface area contributed by atoms with Gasteiger partial charge < -0.3 is 0 Å². The minimum atomic E-state index is -0.864. The molecule has 1 heteroatoms. The average Bonchev–Trinajstić information content (AvgIpc) is 2.10. The number of halogens is 1. The van der Waals surface area contributed by atoms with Crippen LogP contribution in [0.3, 0.4) is 0 Å². The van der Waals surface area contributed by atoms with E-state index in [4.69, 9.17) is 0 Å². The molecular weight excluding hydrogens is 139 g/mol. The van der Waals surface area contributed by atoms with Crippen LogP contribution in [0.5, 0.6) is 0 Å². The van der Waals surface area contributed by atoms with E-state index in [1.54, 1.807) is 6.92 Å². The molecule has 0 bridgehead atoms. The normalized spacial score (nSPS) is 40.1. The second-order valence-corrected chi connectivity index (χ2v) is 4.14. The summed E-state index contributed by atoms with van der Waals surface area (Å²) in [4.78, 5) is 0. The number of hydrogen-bond donors (Lipinski definition) is 0. The Balaban J connectivity index is 2.47. The lowest BCUT2D eigenvalue weighted by molar-refractivity contribution is 0.142. The molecule has 1 aliphatic rings. The maximum atomic E-state index is 13.6. The molecule has 0 N–H and O–H groups in total. The van der Waals surface area contributed by atoms with Gasteiger partial charge in [0.1, 0.15) is 5.67 Å². The van der Waals surface area contributed by atoms with Gasteiger partial charge in [0.2, 0.25) is 0 Å². The molecule has 1 rings (SSSR count). The summed E-state index contributed by atoms with van der Waals surface area (Å²) in [6, 6.07) is 0. The maximum Gasteiger partial charge on any atom is 0.108 e. The van der Waals surface area contributed by atoms with E-state index in [0.29, 0.717) is 5.92 Å². The molecule has 2 unspecified atom stereocenters. The molecule has 11 heavy (non-hydrogen) atoms. The van der Waals surface area contributed by atoms with Crippen LogP contribution in [0.25, 0.3) is 0 Å². The summed E-state index contributed by atoms with van der Waals surface area (Å²) >= 11 is 0. The standard InChI is InChI=1S/C10H19F/c1-3-9-6-4-5-7-10(2,11)8-9/h9H,3-8H2,1-2H3. The third kappa shape index (κ3) is 2.80. The fourth-order valence-electron chi connectivity index (χ4n) is 2.08. The highest BCUT2D eigenvalue weighted by molar-refractivity contribution is 4.80. The molecular formula is C10H19F. The van der Waals surface area contributed by atoms with Crippen molar-refractivity contribution in [2.75, 3.05) is 0 Å².